The summed E-state index contributed by atoms with van der Waals surface area (Å²) in [4.78, 5) is 0.181. The summed E-state index contributed by atoms with van der Waals surface area (Å²) in [6.45, 7) is 4.08. The SMILES string of the molecule is CC(C)(Cl)C(Br)CC/C(=C/CBr)CBr. The van der Waals surface area contributed by atoms with Crippen molar-refractivity contribution >= 4 is 59.4 Å². The number of hydrogen-bond donors (Lipinski definition) is 0. The lowest BCUT2D eigenvalue weighted by molar-refractivity contribution is 0.616. The summed E-state index contributed by atoms with van der Waals surface area (Å²) in [5.74, 6) is 0. The second kappa shape index (κ2) is 7.70. The highest BCUT2D eigenvalue weighted by Crippen LogP contribution is 2.29. The van der Waals surface area contributed by atoms with Gasteiger partial charge in [-0.3, -0.25) is 0 Å². The molecule has 0 aromatic carbocycles. The molecule has 0 aliphatic rings. The van der Waals surface area contributed by atoms with E-state index in [0.29, 0.717) is 4.83 Å². The van der Waals surface area contributed by atoms with Gasteiger partial charge in [-0.15, -0.1) is 11.6 Å². The van der Waals surface area contributed by atoms with Gasteiger partial charge in [-0.1, -0.05) is 59.4 Å². The van der Waals surface area contributed by atoms with Crippen molar-refractivity contribution in [2.75, 3.05) is 10.7 Å². The lowest BCUT2D eigenvalue weighted by atomic mass is 10.0. The van der Waals surface area contributed by atoms with Crippen molar-refractivity contribution in [3.8, 4) is 0 Å². The van der Waals surface area contributed by atoms with E-state index in [-0.39, 0.29) is 4.87 Å². The van der Waals surface area contributed by atoms with Gasteiger partial charge in [0.1, 0.15) is 0 Å². The number of rotatable bonds is 6. The minimum atomic E-state index is -0.175. The molecule has 14 heavy (non-hydrogen) atoms. The first kappa shape index (κ1) is 15.5. The Morgan fingerprint density at radius 3 is 2.36 bits per heavy atom. The highest BCUT2D eigenvalue weighted by atomic mass is 79.9. The molecule has 0 amide bonds. The summed E-state index contributed by atoms with van der Waals surface area (Å²) in [6.07, 6.45) is 4.36. The van der Waals surface area contributed by atoms with Gasteiger partial charge in [0.05, 0.1) is 4.87 Å². The fourth-order valence-electron chi connectivity index (χ4n) is 0.988. The van der Waals surface area contributed by atoms with Gasteiger partial charge in [-0.05, 0) is 26.7 Å². The standard InChI is InChI=1S/C10H16Br3Cl/c1-10(2,14)9(13)4-3-8(7-12)5-6-11/h5,9H,3-4,6-7H2,1-2H3/b8-5-. The van der Waals surface area contributed by atoms with E-state index in [1.165, 1.54) is 5.57 Å². The zero-order valence-electron chi connectivity index (χ0n) is 8.49. The Bertz CT molecular complexity index is 184. The van der Waals surface area contributed by atoms with E-state index in [4.69, 9.17) is 11.6 Å². The van der Waals surface area contributed by atoms with Gasteiger partial charge < -0.3 is 0 Å². The van der Waals surface area contributed by atoms with Gasteiger partial charge in [-0.2, -0.15) is 0 Å². The predicted octanol–water partition coefficient (Wildman–Crippen LogP) is 5.26. The van der Waals surface area contributed by atoms with Crippen molar-refractivity contribution in [3.63, 3.8) is 0 Å². The Balaban J connectivity index is 3.98. The summed E-state index contributed by atoms with van der Waals surface area (Å²) >= 11 is 16.7. The average Bonchev–Trinajstić information content (AvgIpc) is 2.10. The third-order valence-electron chi connectivity index (χ3n) is 2.00. The van der Waals surface area contributed by atoms with Crippen molar-refractivity contribution in [1.29, 1.82) is 0 Å². The molecule has 0 nitrogen and oxygen atoms in total. The number of hydrogen-bond acceptors (Lipinski definition) is 0. The number of halogens is 4. The van der Waals surface area contributed by atoms with E-state index in [1.54, 1.807) is 0 Å². The quantitative estimate of drug-likeness (QED) is 0.413. The van der Waals surface area contributed by atoms with E-state index in [1.807, 2.05) is 13.8 Å². The maximum atomic E-state index is 6.20. The van der Waals surface area contributed by atoms with E-state index < -0.39 is 0 Å². The predicted molar refractivity (Wildman–Crippen MR) is 77.6 cm³/mol. The Hall–Kier alpha value is 1.47. The maximum absolute atomic E-state index is 6.20. The Labute approximate surface area is 117 Å². The molecule has 84 valence electrons. The normalized spacial score (nSPS) is 15.7. The molecular weight excluding hydrogens is 395 g/mol. The molecule has 4 heteroatoms. The summed E-state index contributed by atoms with van der Waals surface area (Å²) in [7, 11) is 0. The minimum Gasteiger partial charge on any atom is -0.119 e. The van der Waals surface area contributed by atoms with Gasteiger partial charge in [0.15, 0.2) is 0 Å². The fourth-order valence-corrected chi connectivity index (χ4v) is 2.29. The smallest absolute Gasteiger partial charge is 0.0515 e. The Morgan fingerprint density at radius 1 is 1.43 bits per heavy atom. The van der Waals surface area contributed by atoms with Crippen LogP contribution in [0.1, 0.15) is 26.7 Å². The van der Waals surface area contributed by atoms with Crippen LogP contribution in [-0.4, -0.2) is 20.4 Å². The van der Waals surface area contributed by atoms with Crippen molar-refractivity contribution in [1.82, 2.24) is 0 Å². The lowest BCUT2D eigenvalue weighted by Gasteiger charge is -2.23. The molecule has 1 atom stereocenters. The van der Waals surface area contributed by atoms with Gasteiger partial charge in [0.25, 0.3) is 0 Å². The third kappa shape index (κ3) is 6.86. The molecule has 0 fully saturated rings. The van der Waals surface area contributed by atoms with Crippen molar-refractivity contribution in [2.24, 2.45) is 0 Å². The average molecular weight is 411 g/mol. The monoisotopic (exact) mass is 408 g/mol. The molecule has 0 aliphatic carbocycles. The molecule has 0 heterocycles. The molecule has 0 spiro atoms. The molecular formula is C10H16Br3Cl. The number of alkyl halides is 4. The van der Waals surface area contributed by atoms with E-state index in [0.717, 1.165) is 23.5 Å². The van der Waals surface area contributed by atoms with Crippen LogP contribution in [0.3, 0.4) is 0 Å². The van der Waals surface area contributed by atoms with Crippen LogP contribution in [-0.2, 0) is 0 Å². The lowest BCUT2D eigenvalue weighted by Crippen LogP contribution is -2.24. The topological polar surface area (TPSA) is 0 Å². The van der Waals surface area contributed by atoms with Crippen LogP contribution in [0.15, 0.2) is 11.6 Å². The molecule has 0 saturated carbocycles. The van der Waals surface area contributed by atoms with Crippen molar-refractivity contribution in [2.45, 2.75) is 36.4 Å². The zero-order chi connectivity index (χ0) is 11.2. The van der Waals surface area contributed by atoms with E-state index >= 15 is 0 Å². The van der Waals surface area contributed by atoms with Gasteiger partial charge in [0, 0.05) is 15.5 Å². The zero-order valence-corrected chi connectivity index (χ0v) is 14.0. The molecule has 0 bridgehead atoms. The molecule has 0 radical (unpaired) electrons. The summed E-state index contributed by atoms with van der Waals surface area (Å²) in [5.41, 5.74) is 1.42. The van der Waals surface area contributed by atoms with Gasteiger partial charge in [0.2, 0.25) is 0 Å². The van der Waals surface area contributed by atoms with Crippen molar-refractivity contribution < 1.29 is 0 Å². The Morgan fingerprint density at radius 2 is 2.00 bits per heavy atom. The van der Waals surface area contributed by atoms with Gasteiger partial charge >= 0.3 is 0 Å². The second-order valence-electron chi connectivity index (χ2n) is 3.72. The van der Waals surface area contributed by atoms with E-state index in [2.05, 4.69) is 53.9 Å². The second-order valence-corrected chi connectivity index (χ2v) is 7.01. The van der Waals surface area contributed by atoms with Crippen LogP contribution in [0, 0.1) is 0 Å². The van der Waals surface area contributed by atoms with E-state index in [9.17, 15) is 0 Å². The number of allylic oxidation sites excluding steroid dienone is 2. The Kier molecular flexibility index (Phi) is 8.50. The van der Waals surface area contributed by atoms with Crippen molar-refractivity contribution in [3.05, 3.63) is 11.6 Å². The summed E-state index contributed by atoms with van der Waals surface area (Å²) in [6, 6.07) is 0. The first-order valence-corrected chi connectivity index (χ1v) is 8.08. The first-order valence-electron chi connectivity index (χ1n) is 4.54. The molecule has 0 aromatic rings. The molecule has 1 unspecified atom stereocenters. The van der Waals surface area contributed by atoms with Gasteiger partial charge in [-0.25, -0.2) is 0 Å². The third-order valence-corrected chi connectivity index (χ3v) is 5.17. The maximum Gasteiger partial charge on any atom is 0.0515 e. The highest BCUT2D eigenvalue weighted by Gasteiger charge is 2.23. The summed E-state index contributed by atoms with van der Waals surface area (Å²) in [5, 5.41) is 1.87. The largest absolute Gasteiger partial charge is 0.119 e. The van der Waals surface area contributed by atoms with Crippen LogP contribution in [0.4, 0.5) is 0 Å². The van der Waals surface area contributed by atoms with Crippen LogP contribution in [0.25, 0.3) is 0 Å². The molecule has 0 rings (SSSR count). The van der Waals surface area contributed by atoms with Crippen LogP contribution >= 0.6 is 59.4 Å². The molecule has 0 saturated heterocycles. The highest BCUT2D eigenvalue weighted by molar-refractivity contribution is 9.09. The molecule has 0 aromatic heterocycles. The summed E-state index contributed by atoms with van der Waals surface area (Å²) < 4.78 is 0. The molecule has 0 aliphatic heterocycles. The van der Waals surface area contributed by atoms with Crippen LogP contribution in [0.2, 0.25) is 0 Å². The minimum absolute atomic E-state index is 0.175. The van der Waals surface area contributed by atoms with Crippen LogP contribution in [0.5, 0.6) is 0 Å². The fraction of sp³-hybridized carbons (Fsp3) is 0.800. The first-order chi connectivity index (χ1) is 6.41. The molecule has 0 N–H and O–H groups in total. The van der Waals surface area contributed by atoms with Crippen LogP contribution < -0.4 is 0 Å².